The molecule has 0 radical (unpaired) electrons. The smallest absolute Gasteiger partial charge is 0.410 e. The molecule has 2 saturated heterocycles. The largest absolute Gasteiger partial charge is 0.445 e. The highest BCUT2D eigenvalue weighted by Crippen LogP contribution is 2.25. The predicted molar refractivity (Wildman–Crippen MR) is 136 cm³/mol. The van der Waals surface area contributed by atoms with Crippen LogP contribution < -0.4 is 0 Å². The second kappa shape index (κ2) is 14.4. The van der Waals surface area contributed by atoms with Crippen LogP contribution in [0.2, 0.25) is 0 Å². The van der Waals surface area contributed by atoms with Gasteiger partial charge in [-0.3, -0.25) is 0 Å². The average molecular weight is 511 g/mol. The van der Waals surface area contributed by atoms with Crippen molar-refractivity contribution in [1.29, 1.82) is 0 Å². The van der Waals surface area contributed by atoms with Crippen molar-refractivity contribution in [2.24, 2.45) is 0 Å². The third kappa shape index (κ3) is 9.20. The molecule has 3 aliphatic heterocycles. The summed E-state index contributed by atoms with van der Waals surface area (Å²) < 4.78 is 26.7. The van der Waals surface area contributed by atoms with Gasteiger partial charge < -0.3 is 33.5 Å². The Morgan fingerprint density at radius 1 is 0.757 bits per heavy atom. The van der Waals surface area contributed by atoms with Gasteiger partial charge in [0.1, 0.15) is 25.4 Å². The van der Waals surface area contributed by atoms with Gasteiger partial charge in [0.25, 0.3) is 0 Å². The fourth-order valence-electron chi connectivity index (χ4n) is 3.81. The van der Waals surface area contributed by atoms with Gasteiger partial charge in [0.2, 0.25) is 0 Å². The minimum absolute atomic E-state index is 0.115. The molecule has 37 heavy (non-hydrogen) atoms. The number of fused-ring (bicyclic) bond motifs is 1. The van der Waals surface area contributed by atoms with Crippen molar-refractivity contribution in [3.8, 4) is 0 Å². The van der Waals surface area contributed by atoms with Crippen LogP contribution in [0.25, 0.3) is 0 Å². The summed E-state index contributed by atoms with van der Waals surface area (Å²) in [5.74, 6) is 0. The van der Waals surface area contributed by atoms with Gasteiger partial charge in [-0.1, -0.05) is 72.8 Å². The van der Waals surface area contributed by atoms with Crippen LogP contribution in [-0.4, -0.2) is 86.8 Å². The monoisotopic (exact) mass is 510 g/mol. The van der Waals surface area contributed by atoms with Crippen LogP contribution in [0.3, 0.4) is 0 Å². The number of epoxide rings is 1. The maximum atomic E-state index is 12.0. The lowest BCUT2D eigenvalue weighted by atomic mass is 10.2. The van der Waals surface area contributed by atoms with E-state index in [0.29, 0.717) is 65.8 Å². The summed E-state index contributed by atoms with van der Waals surface area (Å²) in [4.78, 5) is 27.1. The molecule has 0 aromatic heterocycles. The molecule has 3 heterocycles. The summed E-state index contributed by atoms with van der Waals surface area (Å²) in [7, 11) is 0. The Kier molecular flexibility index (Phi) is 10.4. The molecular formula is C28H34N2O7. The molecular weight excluding hydrogens is 476 g/mol. The summed E-state index contributed by atoms with van der Waals surface area (Å²) in [5, 5.41) is 0. The lowest BCUT2D eigenvalue weighted by Gasteiger charge is -2.22. The van der Waals surface area contributed by atoms with E-state index in [4.69, 9.17) is 23.7 Å². The molecule has 0 spiro atoms. The maximum Gasteiger partial charge on any atom is 0.410 e. The fraction of sp³-hybridized carbons (Fsp3) is 0.429. The van der Waals surface area contributed by atoms with E-state index < -0.39 is 0 Å². The maximum absolute atomic E-state index is 12.0. The zero-order valence-corrected chi connectivity index (χ0v) is 20.9. The normalized spacial score (nSPS) is 21.9. The molecule has 2 atom stereocenters. The van der Waals surface area contributed by atoms with Crippen molar-refractivity contribution in [2.45, 2.75) is 25.4 Å². The predicted octanol–water partition coefficient (Wildman–Crippen LogP) is 3.63. The summed E-state index contributed by atoms with van der Waals surface area (Å²) in [6, 6.07) is 19.3. The Bertz CT molecular complexity index is 1000. The number of carbonyl (C=O) groups is 2. The van der Waals surface area contributed by atoms with Crippen molar-refractivity contribution in [3.63, 3.8) is 0 Å². The van der Waals surface area contributed by atoms with Gasteiger partial charge in [0.15, 0.2) is 0 Å². The molecule has 0 aliphatic carbocycles. The van der Waals surface area contributed by atoms with E-state index in [1.165, 1.54) is 0 Å². The van der Waals surface area contributed by atoms with E-state index in [0.717, 1.165) is 11.1 Å². The molecule has 0 saturated carbocycles. The molecule has 9 nitrogen and oxygen atoms in total. The molecule has 2 fully saturated rings. The van der Waals surface area contributed by atoms with Gasteiger partial charge in [-0.2, -0.15) is 0 Å². The zero-order valence-electron chi connectivity index (χ0n) is 20.9. The quantitative estimate of drug-likeness (QED) is 0.458. The lowest BCUT2D eigenvalue weighted by Crippen LogP contribution is -2.39. The minimum Gasteiger partial charge on any atom is -0.445 e. The van der Waals surface area contributed by atoms with E-state index in [2.05, 4.69) is 0 Å². The zero-order chi connectivity index (χ0) is 25.7. The lowest BCUT2D eigenvalue weighted by molar-refractivity contribution is 0.0640. The molecule has 2 unspecified atom stereocenters. The van der Waals surface area contributed by atoms with Crippen LogP contribution in [0.15, 0.2) is 72.8 Å². The van der Waals surface area contributed by atoms with Crippen LogP contribution in [0.4, 0.5) is 9.59 Å². The number of carbonyl (C=O) groups excluding carboxylic acids is 2. The standard InChI is InChI=1S/C14H17NO4.C14H17NO3/c16-14(18-9-11-4-2-1-3-5-11)15-6-7-17-10-13-12(8-15)19-13;16-14(15-8-4-5-10-17-11-9-15)18-12-13-6-2-1-3-7-13/h1-5,12-13H,6-10H2;1-7H,8-12H2/b;5-4-. The summed E-state index contributed by atoms with van der Waals surface area (Å²) in [5.41, 5.74) is 1.98. The summed E-state index contributed by atoms with van der Waals surface area (Å²) in [6.07, 6.45) is 3.51. The number of rotatable bonds is 4. The van der Waals surface area contributed by atoms with Crippen LogP contribution in [0.1, 0.15) is 11.1 Å². The van der Waals surface area contributed by atoms with E-state index in [1.807, 2.05) is 72.8 Å². The van der Waals surface area contributed by atoms with Gasteiger partial charge >= 0.3 is 12.2 Å². The number of nitrogens with zero attached hydrogens (tertiary/aromatic N) is 2. The van der Waals surface area contributed by atoms with Crippen LogP contribution in [0.5, 0.6) is 0 Å². The SMILES string of the molecule is O=C(OCc1ccccc1)N1C/C=C\COCC1.O=C(OCc1ccccc1)N1CCOCC2OC2C1. The van der Waals surface area contributed by atoms with E-state index in [-0.39, 0.29) is 24.4 Å². The van der Waals surface area contributed by atoms with E-state index >= 15 is 0 Å². The van der Waals surface area contributed by atoms with Crippen LogP contribution in [-0.2, 0) is 36.9 Å². The summed E-state index contributed by atoms with van der Waals surface area (Å²) in [6.45, 7) is 5.24. The highest BCUT2D eigenvalue weighted by molar-refractivity contribution is 5.68. The molecule has 198 valence electrons. The van der Waals surface area contributed by atoms with Crippen LogP contribution in [0, 0.1) is 0 Å². The number of amides is 2. The Morgan fingerprint density at radius 2 is 1.35 bits per heavy atom. The molecule has 2 aromatic carbocycles. The van der Waals surface area contributed by atoms with Gasteiger partial charge in [0.05, 0.1) is 33.0 Å². The first-order chi connectivity index (χ1) is 18.2. The van der Waals surface area contributed by atoms with E-state index in [9.17, 15) is 9.59 Å². The Morgan fingerprint density at radius 3 is 2.03 bits per heavy atom. The first-order valence-electron chi connectivity index (χ1n) is 12.6. The van der Waals surface area contributed by atoms with Gasteiger partial charge in [0, 0.05) is 19.6 Å². The highest BCUT2D eigenvalue weighted by Gasteiger charge is 2.42. The van der Waals surface area contributed by atoms with E-state index in [1.54, 1.807) is 9.80 Å². The number of benzene rings is 2. The second-order valence-corrected chi connectivity index (χ2v) is 8.81. The number of hydrogen-bond donors (Lipinski definition) is 0. The first-order valence-corrected chi connectivity index (χ1v) is 12.6. The molecule has 2 amide bonds. The Labute approximate surface area is 217 Å². The van der Waals surface area contributed by atoms with Crippen molar-refractivity contribution in [3.05, 3.63) is 83.9 Å². The molecule has 3 aliphatic rings. The molecule has 0 bridgehead atoms. The number of hydrogen-bond acceptors (Lipinski definition) is 7. The van der Waals surface area contributed by atoms with Gasteiger partial charge in [-0.05, 0) is 11.1 Å². The van der Waals surface area contributed by atoms with Crippen molar-refractivity contribution in [1.82, 2.24) is 9.80 Å². The van der Waals surface area contributed by atoms with Gasteiger partial charge in [-0.15, -0.1) is 0 Å². The first kappa shape index (κ1) is 26.7. The number of ether oxygens (including phenoxy) is 5. The Balaban J connectivity index is 0.000000173. The third-order valence-electron chi connectivity index (χ3n) is 6.01. The van der Waals surface area contributed by atoms with Crippen molar-refractivity contribution in [2.75, 3.05) is 52.6 Å². The minimum atomic E-state index is -0.302. The molecule has 5 rings (SSSR count). The highest BCUT2D eigenvalue weighted by atomic mass is 16.6. The van der Waals surface area contributed by atoms with Crippen LogP contribution >= 0.6 is 0 Å². The molecule has 0 N–H and O–H groups in total. The van der Waals surface area contributed by atoms with Gasteiger partial charge in [-0.25, -0.2) is 9.59 Å². The Hall–Kier alpha value is -3.40. The van der Waals surface area contributed by atoms with Crippen molar-refractivity contribution >= 4 is 12.2 Å². The average Bonchev–Trinajstić information content (AvgIpc) is 3.63. The molecule has 2 aromatic rings. The fourth-order valence-corrected chi connectivity index (χ4v) is 3.81. The van der Waals surface area contributed by atoms with Crippen molar-refractivity contribution < 1.29 is 33.3 Å². The third-order valence-corrected chi connectivity index (χ3v) is 6.01. The summed E-state index contributed by atoms with van der Waals surface area (Å²) >= 11 is 0. The second-order valence-electron chi connectivity index (χ2n) is 8.81. The molecule has 9 heteroatoms. The topological polar surface area (TPSA) is 90.1 Å².